The number of hydrogen-bond donors (Lipinski definition) is 0. The molecule has 0 amide bonds. The summed E-state index contributed by atoms with van der Waals surface area (Å²) in [5, 5.41) is 0. The van der Waals surface area contributed by atoms with Crippen molar-refractivity contribution in [1.29, 1.82) is 0 Å². The largest absolute Gasteiger partial charge is 0.384 e. The lowest BCUT2D eigenvalue weighted by Crippen LogP contribution is -2.02. The summed E-state index contributed by atoms with van der Waals surface area (Å²) in [5.41, 5.74) is 6.40. The van der Waals surface area contributed by atoms with Gasteiger partial charge in [0.15, 0.2) is 0 Å². The molecule has 15 heavy (non-hydrogen) atoms. The Kier molecular flexibility index (Phi) is 2.28. The number of hydrogen-bond acceptors (Lipinski definition) is 1. The minimum atomic E-state index is 0.663. The van der Waals surface area contributed by atoms with Gasteiger partial charge in [0.05, 0.1) is 6.61 Å². The predicted octanol–water partition coefficient (Wildman–Crippen LogP) is 2.85. The Labute approximate surface area is 91.5 Å². The summed E-state index contributed by atoms with van der Waals surface area (Å²) in [4.78, 5) is 0. The Morgan fingerprint density at radius 2 is 1.93 bits per heavy atom. The van der Waals surface area contributed by atoms with Crippen LogP contribution >= 0.6 is 0 Å². The molecule has 0 N–H and O–H groups in total. The van der Waals surface area contributed by atoms with Gasteiger partial charge in [-0.3, -0.25) is 0 Å². The first-order chi connectivity index (χ1) is 7.38. The van der Waals surface area contributed by atoms with Crippen molar-refractivity contribution in [3.05, 3.63) is 34.4 Å². The summed E-state index contributed by atoms with van der Waals surface area (Å²) in [6.45, 7) is 0.895. The normalized spacial score (nSPS) is 22.9. The molecule has 1 aromatic rings. The maximum Gasteiger partial charge on any atom is 0.0531 e. The van der Waals surface area contributed by atoms with Crippen molar-refractivity contribution >= 4 is 0 Å². The number of benzene rings is 1. The van der Waals surface area contributed by atoms with Gasteiger partial charge >= 0.3 is 0 Å². The standard InChI is InChI=1S/C14H18O/c1-15-9-13-6-5-12-7-10-3-2-4-11(10)8-14(12)13/h7-8,13H,2-6,9H2,1H3/t13-/m0/s1. The number of rotatable bonds is 2. The third-order valence-corrected chi connectivity index (χ3v) is 3.92. The zero-order chi connectivity index (χ0) is 10.3. The van der Waals surface area contributed by atoms with Gasteiger partial charge < -0.3 is 4.74 Å². The summed E-state index contributed by atoms with van der Waals surface area (Å²) in [6.07, 6.45) is 6.50. The molecular formula is C14H18O. The minimum absolute atomic E-state index is 0.663. The van der Waals surface area contributed by atoms with E-state index in [1.165, 1.54) is 32.1 Å². The molecule has 80 valence electrons. The zero-order valence-electron chi connectivity index (χ0n) is 9.38. The second-order valence-electron chi connectivity index (χ2n) is 4.86. The average Bonchev–Trinajstić information content (AvgIpc) is 2.82. The van der Waals surface area contributed by atoms with E-state index >= 15 is 0 Å². The van der Waals surface area contributed by atoms with E-state index in [4.69, 9.17) is 4.74 Å². The van der Waals surface area contributed by atoms with Crippen molar-refractivity contribution < 1.29 is 4.74 Å². The third kappa shape index (κ3) is 1.50. The fourth-order valence-electron chi connectivity index (χ4n) is 3.15. The van der Waals surface area contributed by atoms with Gasteiger partial charge in [-0.25, -0.2) is 0 Å². The highest BCUT2D eigenvalue weighted by Crippen LogP contribution is 2.37. The van der Waals surface area contributed by atoms with Gasteiger partial charge in [-0.2, -0.15) is 0 Å². The molecule has 0 spiro atoms. The number of fused-ring (bicyclic) bond motifs is 2. The Hall–Kier alpha value is -0.820. The highest BCUT2D eigenvalue weighted by molar-refractivity contribution is 5.45. The van der Waals surface area contributed by atoms with Gasteiger partial charge in [0.2, 0.25) is 0 Å². The minimum Gasteiger partial charge on any atom is -0.384 e. The van der Waals surface area contributed by atoms with Crippen LogP contribution in [0.5, 0.6) is 0 Å². The van der Waals surface area contributed by atoms with Crippen LogP contribution < -0.4 is 0 Å². The lowest BCUT2D eigenvalue weighted by Gasteiger charge is -2.11. The van der Waals surface area contributed by atoms with Crippen LogP contribution in [0.3, 0.4) is 0 Å². The maximum absolute atomic E-state index is 5.30. The molecule has 0 bridgehead atoms. The lowest BCUT2D eigenvalue weighted by molar-refractivity contribution is 0.179. The molecule has 2 aliphatic rings. The Bertz CT molecular complexity index is 381. The van der Waals surface area contributed by atoms with Crippen LogP contribution in [0.4, 0.5) is 0 Å². The molecule has 0 heterocycles. The first-order valence-corrected chi connectivity index (χ1v) is 6.02. The molecule has 1 nitrogen and oxygen atoms in total. The molecule has 0 fully saturated rings. The molecule has 0 unspecified atom stereocenters. The smallest absolute Gasteiger partial charge is 0.0531 e. The summed E-state index contributed by atoms with van der Waals surface area (Å²) in [7, 11) is 1.81. The number of ether oxygens (including phenoxy) is 1. The third-order valence-electron chi connectivity index (χ3n) is 3.92. The van der Waals surface area contributed by atoms with Crippen LogP contribution in [0.1, 0.15) is 41.0 Å². The molecule has 0 saturated heterocycles. The molecule has 0 saturated carbocycles. The van der Waals surface area contributed by atoms with E-state index in [-0.39, 0.29) is 0 Å². The summed E-state index contributed by atoms with van der Waals surface area (Å²) in [6, 6.07) is 4.93. The molecule has 3 rings (SSSR count). The molecule has 2 aliphatic carbocycles. The number of aryl methyl sites for hydroxylation is 3. The molecule has 1 heteroatoms. The highest BCUT2D eigenvalue weighted by Gasteiger charge is 2.25. The van der Waals surface area contributed by atoms with Crippen LogP contribution in [0.15, 0.2) is 12.1 Å². The Morgan fingerprint density at radius 3 is 2.73 bits per heavy atom. The predicted molar refractivity (Wildman–Crippen MR) is 61.4 cm³/mol. The van der Waals surface area contributed by atoms with Crippen molar-refractivity contribution in [2.45, 2.75) is 38.0 Å². The van der Waals surface area contributed by atoms with Crippen molar-refractivity contribution in [2.75, 3.05) is 13.7 Å². The van der Waals surface area contributed by atoms with Gasteiger partial charge in [0, 0.05) is 13.0 Å². The van der Waals surface area contributed by atoms with E-state index in [2.05, 4.69) is 12.1 Å². The first-order valence-electron chi connectivity index (χ1n) is 6.02. The van der Waals surface area contributed by atoms with Crippen LogP contribution in [0.2, 0.25) is 0 Å². The van der Waals surface area contributed by atoms with Gasteiger partial charge in [-0.1, -0.05) is 12.1 Å². The molecule has 0 aliphatic heterocycles. The highest BCUT2D eigenvalue weighted by atomic mass is 16.5. The lowest BCUT2D eigenvalue weighted by atomic mass is 9.97. The van der Waals surface area contributed by atoms with E-state index in [9.17, 15) is 0 Å². The topological polar surface area (TPSA) is 9.23 Å². The van der Waals surface area contributed by atoms with Gasteiger partial charge in [0.25, 0.3) is 0 Å². The van der Waals surface area contributed by atoms with E-state index in [0.29, 0.717) is 5.92 Å². The van der Waals surface area contributed by atoms with Crippen molar-refractivity contribution in [3.63, 3.8) is 0 Å². The van der Waals surface area contributed by atoms with E-state index in [1.54, 1.807) is 22.3 Å². The quantitative estimate of drug-likeness (QED) is 0.716. The van der Waals surface area contributed by atoms with Gasteiger partial charge in [-0.15, -0.1) is 0 Å². The van der Waals surface area contributed by atoms with Gasteiger partial charge in [0.1, 0.15) is 0 Å². The second-order valence-corrected chi connectivity index (χ2v) is 4.86. The zero-order valence-corrected chi connectivity index (χ0v) is 9.38. The molecule has 1 atom stereocenters. The van der Waals surface area contributed by atoms with E-state index in [1.807, 2.05) is 7.11 Å². The Balaban J connectivity index is 1.98. The summed E-state index contributed by atoms with van der Waals surface area (Å²) >= 11 is 0. The monoisotopic (exact) mass is 202 g/mol. The second kappa shape index (κ2) is 3.64. The maximum atomic E-state index is 5.30. The first kappa shape index (κ1) is 9.41. The number of methoxy groups -OCH3 is 1. The van der Waals surface area contributed by atoms with E-state index in [0.717, 1.165) is 6.61 Å². The van der Waals surface area contributed by atoms with Gasteiger partial charge in [-0.05, 0) is 54.4 Å². The summed E-state index contributed by atoms with van der Waals surface area (Å²) in [5.74, 6) is 0.663. The molecule has 1 aromatic carbocycles. The Morgan fingerprint density at radius 1 is 1.13 bits per heavy atom. The van der Waals surface area contributed by atoms with E-state index < -0.39 is 0 Å². The average molecular weight is 202 g/mol. The summed E-state index contributed by atoms with van der Waals surface area (Å²) < 4.78 is 5.30. The van der Waals surface area contributed by atoms with Crippen LogP contribution in [-0.2, 0) is 24.0 Å². The van der Waals surface area contributed by atoms with Crippen molar-refractivity contribution in [1.82, 2.24) is 0 Å². The van der Waals surface area contributed by atoms with Crippen LogP contribution in [-0.4, -0.2) is 13.7 Å². The van der Waals surface area contributed by atoms with Crippen LogP contribution in [0.25, 0.3) is 0 Å². The molecule has 0 radical (unpaired) electrons. The van der Waals surface area contributed by atoms with Crippen molar-refractivity contribution in [2.24, 2.45) is 0 Å². The van der Waals surface area contributed by atoms with Crippen LogP contribution in [0, 0.1) is 0 Å². The molecular weight excluding hydrogens is 184 g/mol. The van der Waals surface area contributed by atoms with Crippen molar-refractivity contribution in [3.8, 4) is 0 Å². The fraction of sp³-hybridized carbons (Fsp3) is 0.571. The molecule has 0 aromatic heterocycles. The fourth-order valence-corrected chi connectivity index (χ4v) is 3.15. The SMILES string of the molecule is COC[C@@H]1CCc2cc3c(cc21)CCC3.